The fourth-order valence-corrected chi connectivity index (χ4v) is 4.15. The van der Waals surface area contributed by atoms with Crippen LogP contribution in [0.2, 0.25) is 0 Å². The second-order valence-electron chi connectivity index (χ2n) is 4.83. The molecule has 0 aliphatic rings. The highest BCUT2D eigenvalue weighted by atomic mass is 79.9. The third-order valence-corrected chi connectivity index (χ3v) is 5.24. The van der Waals surface area contributed by atoms with E-state index in [2.05, 4.69) is 80.2 Å². The van der Waals surface area contributed by atoms with E-state index in [0.717, 1.165) is 30.1 Å². The van der Waals surface area contributed by atoms with Gasteiger partial charge in [-0.15, -0.1) is 10.2 Å². The molecule has 0 amide bonds. The Hall–Kier alpha value is -1.04. The van der Waals surface area contributed by atoms with Crippen molar-refractivity contribution in [1.29, 1.82) is 0 Å². The third kappa shape index (κ3) is 3.10. The van der Waals surface area contributed by atoms with Crippen molar-refractivity contribution in [2.75, 3.05) is 0 Å². The minimum Gasteiger partial charge on any atom is -0.138 e. The summed E-state index contributed by atoms with van der Waals surface area (Å²) in [7, 11) is 0. The van der Waals surface area contributed by atoms with Crippen molar-refractivity contribution in [1.82, 2.24) is 10.2 Å². The molecule has 0 atom stereocenters. The summed E-state index contributed by atoms with van der Waals surface area (Å²) in [6.45, 7) is 4.18. The highest BCUT2D eigenvalue weighted by Crippen LogP contribution is 2.34. The normalized spacial score (nSPS) is 10.9. The summed E-state index contributed by atoms with van der Waals surface area (Å²) in [5.74, 6) is 0. The van der Waals surface area contributed by atoms with E-state index in [0.29, 0.717) is 0 Å². The van der Waals surface area contributed by atoms with Crippen molar-refractivity contribution < 1.29 is 0 Å². The number of rotatable bonds is 2. The summed E-state index contributed by atoms with van der Waals surface area (Å²) in [5, 5.41) is 10.6. The molecule has 2 nitrogen and oxygen atoms in total. The molecule has 3 rings (SSSR count). The lowest BCUT2D eigenvalue weighted by Gasteiger charge is -2.02. The van der Waals surface area contributed by atoms with E-state index in [-0.39, 0.29) is 0 Å². The van der Waals surface area contributed by atoms with Crippen LogP contribution in [-0.4, -0.2) is 10.2 Å². The molecule has 0 radical (unpaired) electrons. The van der Waals surface area contributed by atoms with Crippen molar-refractivity contribution in [3.63, 3.8) is 0 Å². The molecule has 0 saturated heterocycles. The average molecular weight is 424 g/mol. The van der Waals surface area contributed by atoms with Crippen LogP contribution in [0, 0.1) is 13.8 Å². The number of nitrogens with zero attached hydrogens (tertiary/aromatic N) is 2. The molecule has 0 fully saturated rings. The number of benzene rings is 2. The van der Waals surface area contributed by atoms with E-state index in [1.54, 1.807) is 11.3 Å². The maximum atomic E-state index is 4.36. The Labute approximate surface area is 144 Å². The van der Waals surface area contributed by atoms with Crippen LogP contribution in [0.1, 0.15) is 11.1 Å². The number of hydrogen-bond donors (Lipinski definition) is 0. The van der Waals surface area contributed by atoms with Crippen molar-refractivity contribution in [3.05, 3.63) is 56.5 Å². The Kier molecular flexibility index (Phi) is 4.24. The van der Waals surface area contributed by atoms with Crippen LogP contribution in [0.3, 0.4) is 0 Å². The first-order chi connectivity index (χ1) is 10.0. The van der Waals surface area contributed by atoms with Crippen LogP contribution in [0.15, 0.2) is 45.3 Å². The minimum atomic E-state index is 0.956. The van der Waals surface area contributed by atoms with Gasteiger partial charge in [-0.2, -0.15) is 0 Å². The van der Waals surface area contributed by atoms with Gasteiger partial charge in [-0.05, 0) is 49.2 Å². The van der Waals surface area contributed by atoms with E-state index >= 15 is 0 Å². The third-order valence-electron chi connectivity index (χ3n) is 3.26. The van der Waals surface area contributed by atoms with Gasteiger partial charge in [0.2, 0.25) is 0 Å². The van der Waals surface area contributed by atoms with E-state index in [4.69, 9.17) is 0 Å². The fourth-order valence-electron chi connectivity index (χ4n) is 2.17. The lowest BCUT2D eigenvalue weighted by molar-refractivity contribution is 1.09. The van der Waals surface area contributed by atoms with Crippen molar-refractivity contribution in [2.45, 2.75) is 13.8 Å². The van der Waals surface area contributed by atoms with E-state index < -0.39 is 0 Å². The van der Waals surface area contributed by atoms with Gasteiger partial charge >= 0.3 is 0 Å². The molecule has 1 aromatic heterocycles. The van der Waals surface area contributed by atoms with Gasteiger partial charge in [-0.1, -0.05) is 55.3 Å². The molecule has 5 heteroatoms. The number of hydrogen-bond acceptors (Lipinski definition) is 3. The monoisotopic (exact) mass is 422 g/mol. The van der Waals surface area contributed by atoms with E-state index in [1.807, 2.05) is 12.1 Å². The van der Waals surface area contributed by atoms with Crippen molar-refractivity contribution in [2.24, 2.45) is 0 Å². The van der Waals surface area contributed by atoms with Gasteiger partial charge in [0.1, 0.15) is 10.0 Å². The van der Waals surface area contributed by atoms with Crippen LogP contribution in [0.4, 0.5) is 0 Å². The van der Waals surface area contributed by atoms with Gasteiger partial charge in [0.25, 0.3) is 0 Å². The average Bonchev–Trinajstić information content (AvgIpc) is 2.87. The second kappa shape index (κ2) is 5.99. The van der Waals surface area contributed by atoms with Gasteiger partial charge in [0, 0.05) is 20.1 Å². The molecular formula is C16H12Br2N2S. The number of aryl methyl sites for hydroxylation is 2. The highest BCUT2D eigenvalue weighted by molar-refractivity contribution is 9.10. The predicted octanol–water partition coefficient (Wildman–Crippen LogP) is 6.01. The molecule has 0 saturated carbocycles. The zero-order valence-corrected chi connectivity index (χ0v) is 15.5. The number of halogens is 2. The lowest BCUT2D eigenvalue weighted by atomic mass is 10.1. The molecule has 0 aliphatic carbocycles. The summed E-state index contributed by atoms with van der Waals surface area (Å²) in [6.07, 6.45) is 0. The van der Waals surface area contributed by atoms with Gasteiger partial charge in [-0.3, -0.25) is 0 Å². The molecule has 0 N–H and O–H groups in total. The summed E-state index contributed by atoms with van der Waals surface area (Å²) in [6, 6.07) is 12.4. The Morgan fingerprint density at radius 3 is 1.57 bits per heavy atom. The fraction of sp³-hybridized carbons (Fsp3) is 0.125. The first-order valence-corrected chi connectivity index (χ1v) is 8.81. The molecule has 21 heavy (non-hydrogen) atoms. The Balaban J connectivity index is 2.03. The molecule has 106 valence electrons. The standard InChI is InChI=1S/C16H12Br2N2S/c1-9-7-11(17)3-5-13(9)15-19-20-16(21-15)14-6-4-12(18)8-10(14)2/h3-8H,1-2H3. The van der Waals surface area contributed by atoms with Crippen LogP contribution in [0.25, 0.3) is 21.1 Å². The quantitative estimate of drug-likeness (QED) is 0.504. The highest BCUT2D eigenvalue weighted by Gasteiger charge is 2.12. The maximum Gasteiger partial charge on any atom is 0.148 e. The summed E-state index contributed by atoms with van der Waals surface area (Å²) in [4.78, 5) is 0. The zero-order valence-electron chi connectivity index (χ0n) is 11.5. The molecule has 0 aliphatic heterocycles. The number of aromatic nitrogens is 2. The first-order valence-electron chi connectivity index (χ1n) is 6.41. The van der Waals surface area contributed by atoms with Gasteiger partial charge in [-0.25, -0.2) is 0 Å². The van der Waals surface area contributed by atoms with Crippen LogP contribution in [-0.2, 0) is 0 Å². The van der Waals surface area contributed by atoms with Crippen molar-refractivity contribution >= 4 is 43.2 Å². The SMILES string of the molecule is Cc1cc(Br)ccc1-c1nnc(-c2ccc(Br)cc2C)s1. The summed E-state index contributed by atoms with van der Waals surface area (Å²) < 4.78 is 2.16. The van der Waals surface area contributed by atoms with Crippen LogP contribution in [0.5, 0.6) is 0 Å². The molecular weight excluding hydrogens is 412 g/mol. The Bertz CT molecular complexity index is 746. The predicted molar refractivity (Wildman–Crippen MR) is 95.7 cm³/mol. The summed E-state index contributed by atoms with van der Waals surface area (Å²) in [5.41, 5.74) is 4.66. The van der Waals surface area contributed by atoms with Crippen molar-refractivity contribution in [3.8, 4) is 21.1 Å². The van der Waals surface area contributed by atoms with E-state index in [1.165, 1.54) is 11.1 Å². The lowest BCUT2D eigenvalue weighted by Crippen LogP contribution is -1.83. The topological polar surface area (TPSA) is 25.8 Å². The molecule has 0 spiro atoms. The zero-order chi connectivity index (χ0) is 15.0. The molecule has 1 heterocycles. The largest absolute Gasteiger partial charge is 0.148 e. The maximum absolute atomic E-state index is 4.36. The Morgan fingerprint density at radius 2 is 1.19 bits per heavy atom. The van der Waals surface area contributed by atoms with Crippen LogP contribution >= 0.6 is 43.2 Å². The minimum absolute atomic E-state index is 0.956. The smallest absolute Gasteiger partial charge is 0.138 e. The molecule has 2 aromatic carbocycles. The van der Waals surface area contributed by atoms with Gasteiger partial charge < -0.3 is 0 Å². The second-order valence-corrected chi connectivity index (χ2v) is 7.64. The van der Waals surface area contributed by atoms with E-state index in [9.17, 15) is 0 Å². The van der Waals surface area contributed by atoms with Crippen LogP contribution < -0.4 is 0 Å². The molecule has 0 unspecified atom stereocenters. The summed E-state index contributed by atoms with van der Waals surface area (Å²) >= 11 is 8.61. The first kappa shape index (κ1) is 14.9. The van der Waals surface area contributed by atoms with Gasteiger partial charge in [0.15, 0.2) is 0 Å². The Morgan fingerprint density at radius 1 is 0.762 bits per heavy atom. The van der Waals surface area contributed by atoms with Gasteiger partial charge in [0.05, 0.1) is 0 Å². The molecule has 3 aromatic rings. The molecule has 0 bridgehead atoms.